The molecule has 0 aliphatic carbocycles. The van der Waals surface area contributed by atoms with Crippen molar-refractivity contribution in [1.82, 2.24) is 0 Å². The SMILES string of the molecule is COc1cc(NC(=O)/C=C/C(=O)c2ccc(Br)cc2)cc(OC)c1. The van der Waals surface area contributed by atoms with Crippen molar-refractivity contribution in [2.24, 2.45) is 0 Å². The van der Waals surface area contributed by atoms with Gasteiger partial charge in [-0.15, -0.1) is 0 Å². The molecular weight excluding hydrogens is 374 g/mol. The largest absolute Gasteiger partial charge is 0.497 e. The smallest absolute Gasteiger partial charge is 0.248 e. The molecule has 0 aliphatic heterocycles. The standard InChI is InChI=1S/C18H16BrNO4/c1-23-15-9-14(10-16(11-15)24-2)20-18(22)8-7-17(21)12-3-5-13(19)6-4-12/h3-11H,1-2H3,(H,20,22)/b8-7+. The van der Waals surface area contributed by atoms with Crippen LogP contribution in [0.5, 0.6) is 11.5 Å². The van der Waals surface area contributed by atoms with Gasteiger partial charge in [-0.05, 0) is 30.3 Å². The zero-order valence-corrected chi connectivity index (χ0v) is 14.8. The number of benzene rings is 2. The zero-order valence-electron chi connectivity index (χ0n) is 13.2. The van der Waals surface area contributed by atoms with Gasteiger partial charge in [0.2, 0.25) is 5.91 Å². The molecule has 24 heavy (non-hydrogen) atoms. The first kappa shape index (κ1) is 17.7. The van der Waals surface area contributed by atoms with E-state index in [0.717, 1.165) is 4.47 Å². The maximum Gasteiger partial charge on any atom is 0.248 e. The minimum Gasteiger partial charge on any atom is -0.497 e. The topological polar surface area (TPSA) is 64.6 Å². The van der Waals surface area contributed by atoms with Crippen LogP contribution in [-0.4, -0.2) is 25.9 Å². The van der Waals surface area contributed by atoms with Gasteiger partial charge in [-0.25, -0.2) is 0 Å². The van der Waals surface area contributed by atoms with E-state index in [1.54, 1.807) is 42.5 Å². The summed E-state index contributed by atoms with van der Waals surface area (Å²) < 4.78 is 11.2. The van der Waals surface area contributed by atoms with Gasteiger partial charge in [-0.2, -0.15) is 0 Å². The van der Waals surface area contributed by atoms with E-state index >= 15 is 0 Å². The Kier molecular flexibility index (Phi) is 6.14. The molecule has 0 saturated carbocycles. The molecule has 0 bridgehead atoms. The van der Waals surface area contributed by atoms with Crippen LogP contribution >= 0.6 is 15.9 Å². The molecule has 1 N–H and O–H groups in total. The molecule has 1 amide bonds. The maximum absolute atomic E-state index is 12.0. The lowest BCUT2D eigenvalue weighted by molar-refractivity contribution is -0.111. The molecule has 0 radical (unpaired) electrons. The van der Waals surface area contributed by atoms with Gasteiger partial charge < -0.3 is 14.8 Å². The fraction of sp³-hybridized carbons (Fsp3) is 0.111. The number of hydrogen-bond donors (Lipinski definition) is 1. The third-order valence-corrected chi connectivity index (χ3v) is 3.66. The monoisotopic (exact) mass is 389 g/mol. The fourth-order valence-corrected chi connectivity index (χ4v) is 2.19. The highest BCUT2D eigenvalue weighted by Crippen LogP contribution is 2.25. The van der Waals surface area contributed by atoms with Crippen molar-refractivity contribution in [3.8, 4) is 11.5 Å². The Balaban J connectivity index is 2.04. The maximum atomic E-state index is 12.0. The van der Waals surface area contributed by atoms with Crippen LogP contribution in [0.15, 0.2) is 59.1 Å². The lowest BCUT2D eigenvalue weighted by atomic mass is 10.1. The molecule has 6 heteroatoms. The first-order valence-electron chi connectivity index (χ1n) is 7.04. The molecule has 2 aromatic rings. The van der Waals surface area contributed by atoms with Crippen LogP contribution in [0.4, 0.5) is 5.69 Å². The van der Waals surface area contributed by atoms with Crippen molar-refractivity contribution in [2.45, 2.75) is 0 Å². The molecule has 0 spiro atoms. The second kappa shape index (κ2) is 8.31. The second-order valence-corrected chi connectivity index (χ2v) is 5.71. The highest BCUT2D eigenvalue weighted by Gasteiger charge is 2.06. The molecule has 0 saturated heterocycles. The van der Waals surface area contributed by atoms with E-state index in [9.17, 15) is 9.59 Å². The molecule has 0 aromatic heterocycles. The Morgan fingerprint density at radius 3 is 2.08 bits per heavy atom. The number of allylic oxidation sites excluding steroid dienone is 1. The summed E-state index contributed by atoms with van der Waals surface area (Å²) in [6, 6.07) is 11.9. The predicted octanol–water partition coefficient (Wildman–Crippen LogP) is 3.84. The van der Waals surface area contributed by atoms with Crippen LogP contribution < -0.4 is 14.8 Å². The number of rotatable bonds is 6. The van der Waals surface area contributed by atoms with Crippen molar-refractivity contribution in [1.29, 1.82) is 0 Å². The first-order chi connectivity index (χ1) is 11.5. The summed E-state index contributed by atoms with van der Waals surface area (Å²) in [6.45, 7) is 0. The van der Waals surface area contributed by atoms with Crippen LogP contribution in [0.3, 0.4) is 0 Å². The molecule has 124 valence electrons. The lowest BCUT2D eigenvalue weighted by Gasteiger charge is -2.08. The Labute approximate surface area is 148 Å². The van der Waals surface area contributed by atoms with Gasteiger partial charge in [0, 0.05) is 40.0 Å². The summed E-state index contributed by atoms with van der Waals surface area (Å²) >= 11 is 3.30. The van der Waals surface area contributed by atoms with Crippen molar-refractivity contribution in [3.63, 3.8) is 0 Å². The van der Waals surface area contributed by atoms with E-state index in [2.05, 4.69) is 21.2 Å². The normalized spacial score (nSPS) is 10.5. The third kappa shape index (κ3) is 4.96. The van der Waals surface area contributed by atoms with Crippen molar-refractivity contribution in [3.05, 3.63) is 64.7 Å². The van der Waals surface area contributed by atoms with Gasteiger partial charge in [-0.3, -0.25) is 9.59 Å². The first-order valence-corrected chi connectivity index (χ1v) is 7.83. The zero-order chi connectivity index (χ0) is 17.5. The quantitative estimate of drug-likeness (QED) is 0.601. The van der Waals surface area contributed by atoms with Crippen LogP contribution in [0.1, 0.15) is 10.4 Å². The van der Waals surface area contributed by atoms with Crippen molar-refractivity contribution < 1.29 is 19.1 Å². The number of ketones is 1. The molecule has 0 fully saturated rings. The summed E-state index contributed by atoms with van der Waals surface area (Å²) in [5, 5.41) is 2.66. The molecule has 2 aromatic carbocycles. The summed E-state index contributed by atoms with van der Waals surface area (Å²) in [5.74, 6) is 0.441. The number of amides is 1. The van der Waals surface area contributed by atoms with Gasteiger partial charge in [0.25, 0.3) is 0 Å². The molecule has 0 atom stereocenters. The number of halogens is 1. The molecule has 0 aliphatic rings. The average molecular weight is 390 g/mol. The number of nitrogens with one attached hydrogen (secondary N) is 1. The van der Waals surface area contributed by atoms with Gasteiger partial charge >= 0.3 is 0 Å². The lowest BCUT2D eigenvalue weighted by Crippen LogP contribution is -2.09. The summed E-state index contributed by atoms with van der Waals surface area (Å²) in [5.41, 5.74) is 1.02. The van der Waals surface area contributed by atoms with Crippen LogP contribution in [-0.2, 0) is 4.79 Å². The average Bonchev–Trinajstić information content (AvgIpc) is 2.59. The predicted molar refractivity (Wildman–Crippen MR) is 95.8 cm³/mol. The Morgan fingerprint density at radius 1 is 0.958 bits per heavy atom. The van der Waals surface area contributed by atoms with Crippen molar-refractivity contribution >= 4 is 33.3 Å². The Hall–Kier alpha value is -2.60. The van der Waals surface area contributed by atoms with Crippen molar-refractivity contribution in [2.75, 3.05) is 19.5 Å². The Morgan fingerprint density at radius 2 is 1.54 bits per heavy atom. The van der Waals surface area contributed by atoms with Gasteiger partial charge in [0.15, 0.2) is 5.78 Å². The molecule has 0 heterocycles. The fourth-order valence-electron chi connectivity index (χ4n) is 1.93. The summed E-state index contributed by atoms with van der Waals surface area (Å²) in [7, 11) is 3.05. The number of hydrogen-bond acceptors (Lipinski definition) is 4. The second-order valence-electron chi connectivity index (χ2n) is 4.80. The molecule has 5 nitrogen and oxygen atoms in total. The van der Waals surface area contributed by atoms with Crippen LogP contribution in [0.2, 0.25) is 0 Å². The van der Waals surface area contributed by atoms with E-state index in [4.69, 9.17) is 9.47 Å². The van der Waals surface area contributed by atoms with E-state index in [1.807, 2.05) is 0 Å². The third-order valence-electron chi connectivity index (χ3n) is 3.13. The summed E-state index contributed by atoms with van der Waals surface area (Å²) in [6.07, 6.45) is 2.42. The number of anilines is 1. The number of carbonyl (C=O) groups is 2. The molecule has 0 unspecified atom stereocenters. The van der Waals surface area contributed by atoms with E-state index in [-0.39, 0.29) is 5.78 Å². The van der Waals surface area contributed by atoms with E-state index in [1.165, 1.54) is 26.4 Å². The highest BCUT2D eigenvalue weighted by atomic mass is 79.9. The minimum atomic E-state index is -0.421. The number of ether oxygens (including phenoxy) is 2. The van der Waals surface area contributed by atoms with Crippen LogP contribution in [0.25, 0.3) is 0 Å². The molecular formula is C18H16BrNO4. The van der Waals surface area contributed by atoms with Gasteiger partial charge in [0.05, 0.1) is 14.2 Å². The number of carbonyl (C=O) groups excluding carboxylic acids is 2. The molecule has 2 rings (SSSR count). The highest BCUT2D eigenvalue weighted by molar-refractivity contribution is 9.10. The Bertz CT molecular complexity index is 747. The van der Waals surface area contributed by atoms with Crippen LogP contribution in [0, 0.1) is 0 Å². The van der Waals surface area contributed by atoms with E-state index < -0.39 is 5.91 Å². The number of methoxy groups -OCH3 is 2. The van der Waals surface area contributed by atoms with E-state index in [0.29, 0.717) is 22.7 Å². The van der Waals surface area contributed by atoms with Gasteiger partial charge in [-0.1, -0.05) is 15.9 Å². The minimum absolute atomic E-state index is 0.249. The summed E-state index contributed by atoms with van der Waals surface area (Å²) in [4.78, 5) is 24.0. The van der Waals surface area contributed by atoms with Gasteiger partial charge in [0.1, 0.15) is 11.5 Å².